The van der Waals surface area contributed by atoms with Gasteiger partial charge in [0.05, 0.1) is 12.1 Å². The lowest BCUT2D eigenvalue weighted by molar-refractivity contribution is 0.139. The summed E-state index contributed by atoms with van der Waals surface area (Å²) in [5, 5.41) is 0. The van der Waals surface area contributed by atoms with Gasteiger partial charge in [0.1, 0.15) is 0 Å². The van der Waals surface area contributed by atoms with Crippen LogP contribution < -0.4 is 5.73 Å². The monoisotopic (exact) mass is 241 g/mol. The molecule has 0 aromatic rings. The van der Waals surface area contributed by atoms with Crippen molar-refractivity contribution in [1.29, 1.82) is 0 Å². The van der Waals surface area contributed by atoms with Gasteiger partial charge in [-0.15, -0.1) is 0 Å². The molecule has 2 saturated heterocycles. The third-order valence-electron chi connectivity index (χ3n) is 4.13. The van der Waals surface area contributed by atoms with E-state index >= 15 is 0 Å². The first-order valence-corrected chi connectivity index (χ1v) is 6.81. The number of ether oxygens (including phenoxy) is 1. The standard InChI is InChI=1S/C13H27N3O/c1-15-6-3-12(4-7-15)9-16(2)10-13(14)5-8-17-11-13/h12H,3-11,14H2,1-2H3. The summed E-state index contributed by atoms with van der Waals surface area (Å²) in [4.78, 5) is 4.83. The third-order valence-corrected chi connectivity index (χ3v) is 4.13. The molecule has 4 nitrogen and oxygen atoms in total. The fraction of sp³-hybridized carbons (Fsp3) is 1.00. The Balaban J connectivity index is 1.71. The second kappa shape index (κ2) is 5.65. The van der Waals surface area contributed by atoms with Crippen molar-refractivity contribution in [2.45, 2.75) is 24.8 Å². The summed E-state index contributed by atoms with van der Waals surface area (Å²) in [5.74, 6) is 0.849. The second-order valence-corrected chi connectivity index (χ2v) is 6.11. The van der Waals surface area contributed by atoms with E-state index in [0.717, 1.165) is 32.1 Å². The molecule has 2 aliphatic rings. The molecule has 0 radical (unpaired) electrons. The van der Waals surface area contributed by atoms with Gasteiger partial charge in [0.15, 0.2) is 0 Å². The van der Waals surface area contributed by atoms with Crippen LogP contribution >= 0.6 is 0 Å². The molecule has 2 aliphatic heterocycles. The highest BCUT2D eigenvalue weighted by Crippen LogP contribution is 2.20. The lowest BCUT2D eigenvalue weighted by Gasteiger charge is -2.34. The molecule has 0 aliphatic carbocycles. The zero-order valence-electron chi connectivity index (χ0n) is 11.3. The Labute approximate surface area is 105 Å². The van der Waals surface area contributed by atoms with Crippen LogP contribution in [0.4, 0.5) is 0 Å². The molecule has 2 heterocycles. The second-order valence-electron chi connectivity index (χ2n) is 6.11. The van der Waals surface area contributed by atoms with Gasteiger partial charge in [-0.3, -0.25) is 0 Å². The number of hydrogen-bond acceptors (Lipinski definition) is 4. The summed E-state index contributed by atoms with van der Waals surface area (Å²) in [6.45, 7) is 6.21. The van der Waals surface area contributed by atoms with Crippen LogP contribution in [0.1, 0.15) is 19.3 Å². The van der Waals surface area contributed by atoms with E-state index in [2.05, 4.69) is 23.9 Å². The van der Waals surface area contributed by atoms with Crippen molar-refractivity contribution in [2.24, 2.45) is 11.7 Å². The molecular formula is C13H27N3O. The average molecular weight is 241 g/mol. The number of rotatable bonds is 4. The summed E-state index contributed by atoms with van der Waals surface area (Å²) in [5.41, 5.74) is 6.22. The van der Waals surface area contributed by atoms with E-state index in [-0.39, 0.29) is 5.54 Å². The van der Waals surface area contributed by atoms with Crippen LogP contribution in [0.25, 0.3) is 0 Å². The van der Waals surface area contributed by atoms with Crippen LogP contribution in [0.2, 0.25) is 0 Å². The highest BCUT2D eigenvalue weighted by Gasteiger charge is 2.32. The number of hydrogen-bond donors (Lipinski definition) is 1. The molecule has 0 aromatic heterocycles. The molecule has 0 spiro atoms. The van der Waals surface area contributed by atoms with Crippen LogP contribution in [-0.2, 0) is 4.74 Å². The summed E-state index contributed by atoms with van der Waals surface area (Å²) in [6, 6.07) is 0. The van der Waals surface area contributed by atoms with E-state index in [0.29, 0.717) is 0 Å². The van der Waals surface area contributed by atoms with Gasteiger partial charge in [0.2, 0.25) is 0 Å². The summed E-state index contributed by atoms with van der Waals surface area (Å²) < 4.78 is 5.41. The summed E-state index contributed by atoms with van der Waals surface area (Å²) in [7, 11) is 4.41. The number of nitrogens with two attached hydrogens (primary N) is 1. The van der Waals surface area contributed by atoms with E-state index in [4.69, 9.17) is 10.5 Å². The molecule has 1 unspecified atom stereocenters. The van der Waals surface area contributed by atoms with Crippen molar-refractivity contribution in [3.8, 4) is 0 Å². The highest BCUT2D eigenvalue weighted by atomic mass is 16.5. The molecule has 1 atom stereocenters. The average Bonchev–Trinajstić information content (AvgIpc) is 2.68. The number of piperidine rings is 1. The van der Waals surface area contributed by atoms with Gasteiger partial charge in [0.25, 0.3) is 0 Å². The fourth-order valence-corrected chi connectivity index (χ4v) is 3.04. The maximum Gasteiger partial charge on any atom is 0.0659 e. The summed E-state index contributed by atoms with van der Waals surface area (Å²) >= 11 is 0. The predicted molar refractivity (Wildman–Crippen MR) is 70.1 cm³/mol. The minimum Gasteiger partial charge on any atom is -0.379 e. The first kappa shape index (κ1) is 13.3. The SMILES string of the molecule is CN1CCC(CN(C)CC2(N)CCOC2)CC1. The normalized spacial score (nSPS) is 32.5. The van der Waals surface area contributed by atoms with Crippen LogP contribution in [0.15, 0.2) is 0 Å². The van der Waals surface area contributed by atoms with Crippen LogP contribution in [0.5, 0.6) is 0 Å². The molecule has 0 amide bonds. The van der Waals surface area contributed by atoms with Gasteiger partial charge in [0, 0.05) is 19.7 Å². The van der Waals surface area contributed by atoms with E-state index in [1.807, 2.05) is 0 Å². The molecule has 2 fully saturated rings. The third kappa shape index (κ3) is 3.91. The van der Waals surface area contributed by atoms with E-state index < -0.39 is 0 Å². The van der Waals surface area contributed by atoms with E-state index in [9.17, 15) is 0 Å². The van der Waals surface area contributed by atoms with E-state index in [1.165, 1.54) is 32.5 Å². The topological polar surface area (TPSA) is 41.7 Å². The van der Waals surface area contributed by atoms with Crippen LogP contribution in [0.3, 0.4) is 0 Å². The first-order valence-electron chi connectivity index (χ1n) is 6.81. The Kier molecular flexibility index (Phi) is 4.42. The zero-order chi connectivity index (χ0) is 12.3. The van der Waals surface area contributed by atoms with Crippen LogP contribution in [-0.4, -0.2) is 68.8 Å². The van der Waals surface area contributed by atoms with Crippen molar-refractivity contribution >= 4 is 0 Å². The van der Waals surface area contributed by atoms with Crippen molar-refractivity contribution in [1.82, 2.24) is 9.80 Å². The predicted octanol–water partition coefficient (Wildman–Crippen LogP) is 0.378. The van der Waals surface area contributed by atoms with Crippen LogP contribution in [0, 0.1) is 5.92 Å². The molecular weight excluding hydrogens is 214 g/mol. The first-order chi connectivity index (χ1) is 8.07. The van der Waals surface area contributed by atoms with Gasteiger partial charge in [-0.1, -0.05) is 0 Å². The molecule has 2 N–H and O–H groups in total. The van der Waals surface area contributed by atoms with Crippen molar-refractivity contribution < 1.29 is 4.74 Å². The number of likely N-dealkylation sites (tertiary alicyclic amines) is 1. The van der Waals surface area contributed by atoms with Crippen molar-refractivity contribution in [3.63, 3.8) is 0 Å². The van der Waals surface area contributed by atoms with Gasteiger partial charge in [-0.25, -0.2) is 0 Å². The quantitative estimate of drug-likeness (QED) is 0.772. The van der Waals surface area contributed by atoms with Crippen molar-refractivity contribution in [3.05, 3.63) is 0 Å². The lowest BCUT2D eigenvalue weighted by Crippen LogP contribution is -2.51. The number of likely N-dealkylation sites (N-methyl/N-ethyl adjacent to an activating group) is 1. The maximum atomic E-state index is 6.31. The maximum absolute atomic E-state index is 6.31. The Morgan fingerprint density at radius 3 is 2.71 bits per heavy atom. The van der Waals surface area contributed by atoms with Crippen molar-refractivity contribution in [2.75, 3.05) is 53.5 Å². The lowest BCUT2D eigenvalue weighted by atomic mass is 9.95. The minimum atomic E-state index is -0.0970. The zero-order valence-corrected chi connectivity index (χ0v) is 11.3. The molecule has 2 rings (SSSR count). The molecule has 4 heteroatoms. The Morgan fingerprint density at radius 2 is 2.12 bits per heavy atom. The Bertz CT molecular complexity index is 233. The number of nitrogens with zero attached hydrogens (tertiary/aromatic N) is 2. The molecule has 0 saturated carbocycles. The van der Waals surface area contributed by atoms with Gasteiger partial charge in [-0.2, -0.15) is 0 Å². The van der Waals surface area contributed by atoms with E-state index in [1.54, 1.807) is 0 Å². The van der Waals surface area contributed by atoms with Gasteiger partial charge in [-0.05, 0) is 52.4 Å². The molecule has 0 bridgehead atoms. The van der Waals surface area contributed by atoms with Gasteiger partial charge >= 0.3 is 0 Å². The summed E-state index contributed by atoms with van der Waals surface area (Å²) in [6.07, 6.45) is 3.66. The largest absolute Gasteiger partial charge is 0.379 e. The smallest absolute Gasteiger partial charge is 0.0659 e. The molecule has 100 valence electrons. The molecule has 0 aromatic carbocycles. The minimum absolute atomic E-state index is 0.0970. The highest BCUT2D eigenvalue weighted by molar-refractivity contribution is 4.91. The Hall–Kier alpha value is -0.160. The van der Waals surface area contributed by atoms with Gasteiger partial charge < -0.3 is 20.3 Å². The Morgan fingerprint density at radius 1 is 1.41 bits per heavy atom. The fourth-order valence-electron chi connectivity index (χ4n) is 3.04. The molecule has 17 heavy (non-hydrogen) atoms.